The van der Waals surface area contributed by atoms with Gasteiger partial charge in [-0.15, -0.1) is 0 Å². The number of rotatable bonds is 2. The Morgan fingerprint density at radius 2 is 1.86 bits per heavy atom. The van der Waals surface area contributed by atoms with Gasteiger partial charge in [0, 0.05) is 11.6 Å². The van der Waals surface area contributed by atoms with Crippen molar-refractivity contribution in [1.29, 1.82) is 0 Å². The van der Waals surface area contributed by atoms with E-state index in [1.54, 1.807) is 24.4 Å². The summed E-state index contributed by atoms with van der Waals surface area (Å²) in [6.45, 7) is 0. The van der Waals surface area contributed by atoms with E-state index >= 15 is 0 Å². The summed E-state index contributed by atoms with van der Waals surface area (Å²) in [5.41, 5.74) is 0.676. The number of phenols is 1. The van der Waals surface area contributed by atoms with Crippen molar-refractivity contribution in [3.8, 4) is 5.75 Å². The molecule has 4 nitrogen and oxygen atoms in total. The molecule has 1 heterocycles. The highest BCUT2D eigenvalue weighted by Crippen LogP contribution is 2.24. The zero-order chi connectivity index (χ0) is 14.8. The molecule has 0 fully saturated rings. The zero-order valence-electron chi connectivity index (χ0n) is 10.9. The first kappa shape index (κ1) is 13.1. The molecule has 0 aliphatic rings. The number of halogens is 1. The number of phenolic OH excluding ortho intramolecular Hbond substituents is 1. The van der Waals surface area contributed by atoms with Crippen molar-refractivity contribution in [3.05, 3.63) is 66.1 Å². The monoisotopic (exact) mass is 282 g/mol. The van der Waals surface area contributed by atoms with E-state index in [4.69, 9.17) is 0 Å². The van der Waals surface area contributed by atoms with E-state index in [9.17, 15) is 14.3 Å². The molecule has 5 heteroatoms. The van der Waals surface area contributed by atoms with Gasteiger partial charge in [0.1, 0.15) is 17.1 Å². The lowest BCUT2D eigenvalue weighted by Gasteiger charge is -2.09. The van der Waals surface area contributed by atoms with Crippen molar-refractivity contribution in [3.63, 3.8) is 0 Å². The van der Waals surface area contributed by atoms with E-state index < -0.39 is 17.5 Å². The molecule has 0 spiro atoms. The molecular formula is C16H11FN2O2. The Bertz CT molecular complexity index is 808. The van der Waals surface area contributed by atoms with Crippen LogP contribution in [0.3, 0.4) is 0 Å². The second-order valence-electron chi connectivity index (χ2n) is 4.47. The van der Waals surface area contributed by atoms with Gasteiger partial charge in [-0.05, 0) is 24.3 Å². The van der Waals surface area contributed by atoms with E-state index in [2.05, 4.69) is 10.3 Å². The van der Waals surface area contributed by atoms with Crippen LogP contribution in [0.5, 0.6) is 5.75 Å². The van der Waals surface area contributed by atoms with Crippen LogP contribution in [0.15, 0.2) is 54.7 Å². The average Bonchev–Trinajstić information content (AvgIpc) is 2.47. The van der Waals surface area contributed by atoms with Crippen LogP contribution >= 0.6 is 0 Å². The van der Waals surface area contributed by atoms with Crippen molar-refractivity contribution in [2.75, 3.05) is 5.32 Å². The van der Waals surface area contributed by atoms with Gasteiger partial charge < -0.3 is 10.4 Å². The van der Waals surface area contributed by atoms with Crippen molar-refractivity contribution in [2.45, 2.75) is 0 Å². The molecule has 0 unspecified atom stereocenters. The number of hydrogen-bond donors (Lipinski definition) is 2. The average molecular weight is 282 g/mol. The molecule has 2 aromatic carbocycles. The maximum Gasteiger partial charge on any atom is 0.262 e. The number of amides is 1. The van der Waals surface area contributed by atoms with Crippen LogP contribution in [-0.2, 0) is 0 Å². The Morgan fingerprint density at radius 1 is 1.10 bits per heavy atom. The molecular weight excluding hydrogens is 271 g/mol. The van der Waals surface area contributed by atoms with Gasteiger partial charge in [-0.25, -0.2) is 4.39 Å². The first-order chi connectivity index (χ1) is 10.2. The second kappa shape index (κ2) is 5.20. The summed E-state index contributed by atoms with van der Waals surface area (Å²) in [7, 11) is 0. The van der Waals surface area contributed by atoms with Gasteiger partial charge in [-0.3, -0.25) is 9.78 Å². The summed E-state index contributed by atoms with van der Waals surface area (Å²) < 4.78 is 13.7. The molecule has 0 aliphatic carbocycles. The molecule has 21 heavy (non-hydrogen) atoms. The van der Waals surface area contributed by atoms with Gasteiger partial charge >= 0.3 is 0 Å². The van der Waals surface area contributed by atoms with Crippen molar-refractivity contribution in [1.82, 2.24) is 4.98 Å². The summed E-state index contributed by atoms with van der Waals surface area (Å²) >= 11 is 0. The highest BCUT2D eigenvalue weighted by atomic mass is 19.1. The Labute approximate surface area is 119 Å². The normalized spacial score (nSPS) is 10.5. The quantitative estimate of drug-likeness (QED) is 0.757. The minimum Gasteiger partial charge on any atom is -0.507 e. The third-order valence-electron chi connectivity index (χ3n) is 3.10. The van der Waals surface area contributed by atoms with Crippen LogP contribution in [-0.4, -0.2) is 16.0 Å². The molecule has 3 rings (SSSR count). The minimum absolute atomic E-state index is 0.384. The van der Waals surface area contributed by atoms with Crippen molar-refractivity contribution in [2.24, 2.45) is 0 Å². The summed E-state index contributed by atoms with van der Waals surface area (Å²) in [5.74, 6) is -1.90. The van der Waals surface area contributed by atoms with Crippen LogP contribution in [0.2, 0.25) is 0 Å². The molecule has 0 atom stereocenters. The number of carbonyl (C=O) groups excluding carboxylic acids is 1. The smallest absolute Gasteiger partial charge is 0.262 e. The summed E-state index contributed by atoms with van der Waals surface area (Å²) in [6.07, 6.45) is 1.61. The second-order valence-corrected chi connectivity index (χ2v) is 4.47. The molecule has 0 aliphatic heterocycles. The van der Waals surface area contributed by atoms with Crippen LogP contribution in [0.4, 0.5) is 10.1 Å². The first-order valence-corrected chi connectivity index (χ1v) is 6.29. The number of para-hydroxylation sites is 1. The zero-order valence-corrected chi connectivity index (χ0v) is 10.9. The molecule has 1 aromatic heterocycles. The number of carbonyl (C=O) groups is 1. The maximum atomic E-state index is 13.7. The van der Waals surface area contributed by atoms with Gasteiger partial charge in [-0.1, -0.05) is 24.3 Å². The number of benzene rings is 2. The molecule has 1 amide bonds. The lowest BCUT2D eigenvalue weighted by molar-refractivity contribution is 0.102. The van der Waals surface area contributed by atoms with Gasteiger partial charge in [0.15, 0.2) is 0 Å². The van der Waals surface area contributed by atoms with E-state index in [1.165, 1.54) is 12.1 Å². The number of fused-ring (bicyclic) bond motifs is 1. The Balaban J connectivity index is 2.01. The number of aromatic hydroxyl groups is 1. The van der Waals surface area contributed by atoms with Gasteiger partial charge in [0.2, 0.25) is 0 Å². The Morgan fingerprint density at radius 3 is 2.67 bits per heavy atom. The number of aromatic nitrogens is 1. The van der Waals surface area contributed by atoms with Gasteiger partial charge in [0.25, 0.3) is 5.91 Å². The molecule has 0 saturated carbocycles. The third-order valence-corrected chi connectivity index (χ3v) is 3.10. The number of hydrogen-bond acceptors (Lipinski definition) is 3. The highest BCUT2D eigenvalue weighted by Gasteiger charge is 2.17. The predicted octanol–water partition coefficient (Wildman–Crippen LogP) is 3.33. The summed E-state index contributed by atoms with van der Waals surface area (Å²) in [6, 6.07) is 12.7. The van der Waals surface area contributed by atoms with Crippen LogP contribution in [0.1, 0.15) is 10.4 Å². The number of pyridine rings is 1. The lowest BCUT2D eigenvalue weighted by Crippen LogP contribution is -2.14. The molecule has 0 saturated heterocycles. The molecule has 2 N–H and O–H groups in total. The summed E-state index contributed by atoms with van der Waals surface area (Å²) in [4.78, 5) is 16.4. The number of anilines is 1. The topological polar surface area (TPSA) is 62.2 Å². The van der Waals surface area contributed by atoms with Crippen molar-refractivity contribution >= 4 is 22.5 Å². The largest absolute Gasteiger partial charge is 0.507 e. The fourth-order valence-corrected chi connectivity index (χ4v) is 2.13. The van der Waals surface area contributed by atoms with Gasteiger partial charge in [0.05, 0.1) is 11.2 Å². The predicted molar refractivity (Wildman–Crippen MR) is 77.8 cm³/mol. The van der Waals surface area contributed by atoms with Gasteiger partial charge in [-0.2, -0.15) is 0 Å². The Hall–Kier alpha value is -2.95. The molecule has 104 valence electrons. The lowest BCUT2D eigenvalue weighted by atomic mass is 10.1. The van der Waals surface area contributed by atoms with Crippen LogP contribution < -0.4 is 5.32 Å². The molecule has 0 bridgehead atoms. The minimum atomic E-state index is -0.777. The van der Waals surface area contributed by atoms with E-state index in [0.29, 0.717) is 11.2 Å². The van der Waals surface area contributed by atoms with E-state index in [1.807, 2.05) is 12.1 Å². The fourth-order valence-electron chi connectivity index (χ4n) is 2.13. The van der Waals surface area contributed by atoms with Crippen molar-refractivity contribution < 1.29 is 14.3 Å². The maximum absolute atomic E-state index is 13.7. The SMILES string of the molecule is O=C(Nc1cccc2cccnc12)c1c(O)cccc1F. The third kappa shape index (κ3) is 2.41. The molecule has 0 radical (unpaired) electrons. The number of nitrogens with one attached hydrogen (secondary N) is 1. The first-order valence-electron chi connectivity index (χ1n) is 6.29. The van der Waals surface area contributed by atoms with E-state index in [0.717, 1.165) is 11.5 Å². The van der Waals surface area contributed by atoms with Crippen LogP contribution in [0, 0.1) is 5.82 Å². The van der Waals surface area contributed by atoms with E-state index in [-0.39, 0.29) is 5.56 Å². The molecule has 3 aromatic rings. The summed E-state index contributed by atoms with van der Waals surface area (Å²) in [5, 5.41) is 13.1. The Kier molecular flexibility index (Phi) is 3.23. The standard InChI is InChI=1S/C16H11FN2O2/c17-11-6-2-8-13(20)14(11)16(21)19-12-7-1-4-10-5-3-9-18-15(10)12/h1-9,20H,(H,19,21). The number of nitrogens with zero attached hydrogens (tertiary/aromatic N) is 1. The highest BCUT2D eigenvalue weighted by molar-refractivity contribution is 6.09. The fraction of sp³-hybridized carbons (Fsp3) is 0. The van der Waals surface area contributed by atoms with Crippen LogP contribution in [0.25, 0.3) is 10.9 Å².